The molecular formula is C15H20N2O5S. The van der Waals surface area contributed by atoms with Gasteiger partial charge in [-0.3, -0.25) is 4.79 Å². The van der Waals surface area contributed by atoms with Gasteiger partial charge in [0.25, 0.3) is 0 Å². The first kappa shape index (κ1) is 17.4. The summed E-state index contributed by atoms with van der Waals surface area (Å²) in [5.74, 6) is -0.635. The highest BCUT2D eigenvalue weighted by Gasteiger charge is 2.25. The molecule has 23 heavy (non-hydrogen) atoms. The highest BCUT2D eigenvalue weighted by molar-refractivity contribution is 7.89. The summed E-state index contributed by atoms with van der Waals surface area (Å²) < 4.78 is 29.7. The van der Waals surface area contributed by atoms with Crippen LogP contribution in [0.15, 0.2) is 24.3 Å². The van der Waals surface area contributed by atoms with Crippen molar-refractivity contribution in [1.82, 2.24) is 4.31 Å². The number of sulfonamides is 1. The predicted octanol–water partition coefficient (Wildman–Crippen LogP) is 1.23. The Hall–Kier alpha value is -1.93. The highest BCUT2D eigenvalue weighted by atomic mass is 32.2. The van der Waals surface area contributed by atoms with Crippen molar-refractivity contribution in [3.05, 3.63) is 29.8 Å². The summed E-state index contributed by atoms with van der Waals surface area (Å²) in [6.07, 6.45) is 1.56. The van der Waals surface area contributed by atoms with Gasteiger partial charge in [-0.2, -0.15) is 0 Å². The quantitative estimate of drug-likeness (QED) is 0.814. The molecule has 1 amide bonds. The van der Waals surface area contributed by atoms with E-state index in [0.29, 0.717) is 24.2 Å². The molecule has 0 spiro atoms. The number of rotatable bonds is 5. The van der Waals surface area contributed by atoms with Gasteiger partial charge in [0.15, 0.2) is 0 Å². The third-order valence-corrected chi connectivity index (χ3v) is 5.57. The molecule has 1 saturated heterocycles. The van der Waals surface area contributed by atoms with Crippen molar-refractivity contribution in [3.63, 3.8) is 0 Å². The second-order valence-corrected chi connectivity index (χ2v) is 7.38. The number of hydrogen-bond acceptors (Lipinski definition) is 5. The molecule has 0 aromatic heterocycles. The largest absolute Gasteiger partial charge is 0.465 e. The smallest absolute Gasteiger partial charge is 0.337 e. The molecule has 1 N–H and O–H groups in total. The SMILES string of the molecule is COC(=O)c1cccc(NC(=O)CCN2CCCCS2(=O)=O)c1. The minimum absolute atomic E-state index is 0.0711. The summed E-state index contributed by atoms with van der Waals surface area (Å²) in [5.41, 5.74) is 0.809. The Morgan fingerprint density at radius 3 is 2.78 bits per heavy atom. The summed E-state index contributed by atoms with van der Waals surface area (Å²) in [6, 6.07) is 6.39. The number of hydrogen-bond donors (Lipinski definition) is 1. The number of esters is 1. The molecule has 1 fully saturated rings. The maximum atomic E-state index is 12.0. The number of nitrogens with one attached hydrogen (secondary N) is 1. The van der Waals surface area contributed by atoms with Gasteiger partial charge in [-0.15, -0.1) is 0 Å². The molecule has 2 rings (SSSR count). The first-order valence-electron chi connectivity index (χ1n) is 7.38. The Balaban J connectivity index is 1.91. The van der Waals surface area contributed by atoms with Crippen LogP contribution in [0.3, 0.4) is 0 Å². The van der Waals surface area contributed by atoms with E-state index in [0.717, 1.165) is 6.42 Å². The fraction of sp³-hybridized carbons (Fsp3) is 0.467. The molecule has 1 aromatic rings. The van der Waals surface area contributed by atoms with Gasteiger partial charge < -0.3 is 10.1 Å². The maximum Gasteiger partial charge on any atom is 0.337 e. The minimum Gasteiger partial charge on any atom is -0.465 e. The number of anilines is 1. The lowest BCUT2D eigenvalue weighted by Gasteiger charge is -2.25. The van der Waals surface area contributed by atoms with Crippen LogP contribution >= 0.6 is 0 Å². The van der Waals surface area contributed by atoms with E-state index in [2.05, 4.69) is 10.1 Å². The zero-order valence-corrected chi connectivity index (χ0v) is 13.8. The molecule has 0 saturated carbocycles. The summed E-state index contributed by atoms with van der Waals surface area (Å²) in [7, 11) is -1.94. The monoisotopic (exact) mass is 340 g/mol. The first-order chi connectivity index (χ1) is 10.9. The molecule has 126 valence electrons. The number of nitrogens with zero attached hydrogens (tertiary/aromatic N) is 1. The van der Waals surface area contributed by atoms with Gasteiger partial charge in [0.05, 0.1) is 18.4 Å². The number of carbonyl (C=O) groups is 2. The van der Waals surface area contributed by atoms with Crippen LogP contribution in [0.1, 0.15) is 29.6 Å². The van der Waals surface area contributed by atoms with E-state index in [1.54, 1.807) is 18.2 Å². The number of amides is 1. The lowest BCUT2D eigenvalue weighted by atomic mass is 10.2. The average Bonchev–Trinajstić information content (AvgIpc) is 2.53. The third kappa shape index (κ3) is 4.77. The van der Waals surface area contributed by atoms with E-state index >= 15 is 0 Å². The molecule has 1 aliphatic rings. The molecule has 7 nitrogen and oxygen atoms in total. The predicted molar refractivity (Wildman–Crippen MR) is 85.6 cm³/mol. The normalized spacial score (nSPS) is 17.4. The van der Waals surface area contributed by atoms with Crippen molar-refractivity contribution < 1.29 is 22.7 Å². The Labute approximate surface area is 135 Å². The average molecular weight is 340 g/mol. The molecular weight excluding hydrogens is 320 g/mol. The molecule has 1 heterocycles. The summed E-state index contributed by atoms with van der Waals surface area (Å²) in [6.45, 7) is 0.637. The van der Waals surface area contributed by atoms with Crippen LogP contribution in [0.25, 0.3) is 0 Å². The molecule has 1 aliphatic heterocycles. The van der Waals surface area contributed by atoms with Crippen molar-refractivity contribution in [2.24, 2.45) is 0 Å². The maximum absolute atomic E-state index is 12.0. The summed E-state index contributed by atoms with van der Waals surface area (Å²) >= 11 is 0. The minimum atomic E-state index is -3.22. The molecule has 0 bridgehead atoms. The van der Waals surface area contributed by atoms with Gasteiger partial charge in [-0.25, -0.2) is 17.5 Å². The number of carbonyl (C=O) groups excluding carboxylic acids is 2. The van der Waals surface area contributed by atoms with Crippen LogP contribution in [0.2, 0.25) is 0 Å². The van der Waals surface area contributed by atoms with Crippen LogP contribution < -0.4 is 5.32 Å². The molecule has 0 aliphatic carbocycles. The molecule has 8 heteroatoms. The van der Waals surface area contributed by atoms with E-state index in [-0.39, 0.29) is 24.6 Å². The number of benzene rings is 1. The molecule has 0 unspecified atom stereocenters. The second kappa shape index (κ2) is 7.56. The van der Waals surface area contributed by atoms with E-state index in [9.17, 15) is 18.0 Å². The van der Waals surface area contributed by atoms with Gasteiger partial charge in [0.1, 0.15) is 0 Å². The van der Waals surface area contributed by atoms with Gasteiger partial charge in [0.2, 0.25) is 15.9 Å². The van der Waals surface area contributed by atoms with Crippen molar-refractivity contribution in [2.75, 3.05) is 31.3 Å². The van der Waals surface area contributed by atoms with Gasteiger partial charge >= 0.3 is 5.97 Å². The third-order valence-electron chi connectivity index (χ3n) is 3.61. The van der Waals surface area contributed by atoms with E-state index in [1.807, 2.05) is 0 Å². The number of methoxy groups -OCH3 is 1. The summed E-state index contributed by atoms with van der Waals surface area (Å²) in [4.78, 5) is 23.4. The second-order valence-electron chi connectivity index (χ2n) is 5.29. The van der Waals surface area contributed by atoms with Crippen molar-refractivity contribution in [1.29, 1.82) is 0 Å². The Morgan fingerprint density at radius 1 is 1.30 bits per heavy atom. The van der Waals surface area contributed by atoms with Crippen molar-refractivity contribution >= 4 is 27.6 Å². The van der Waals surface area contributed by atoms with Gasteiger partial charge in [-0.05, 0) is 31.0 Å². The Morgan fingerprint density at radius 2 is 2.09 bits per heavy atom. The fourth-order valence-electron chi connectivity index (χ4n) is 2.38. The molecule has 0 atom stereocenters. The molecule has 0 radical (unpaired) electrons. The van der Waals surface area contributed by atoms with E-state index in [4.69, 9.17) is 0 Å². The van der Waals surface area contributed by atoms with Crippen LogP contribution in [-0.4, -0.2) is 50.6 Å². The van der Waals surface area contributed by atoms with Crippen LogP contribution in [0.4, 0.5) is 5.69 Å². The standard InChI is InChI=1S/C15H20N2O5S/c1-22-15(19)12-5-4-6-13(11-12)16-14(18)7-9-17-8-2-3-10-23(17,20)21/h4-6,11H,2-3,7-10H2,1H3,(H,16,18). The Kier molecular flexibility index (Phi) is 5.73. The van der Waals surface area contributed by atoms with Gasteiger partial charge in [0, 0.05) is 25.2 Å². The lowest BCUT2D eigenvalue weighted by Crippen LogP contribution is -2.39. The first-order valence-corrected chi connectivity index (χ1v) is 8.99. The fourth-order valence-corrected chi connectivity index (χ4v) is 3.99. The lowest BCUT2D eigenvalue weighted by molar-refractivity contribution is -0.116. The van der Waals surface area contributed by atoms with Crippen LogP contribution in [0, 0.1) is 0 Å². The molecule has 1 aromatic carbocycles. The van der Waals surface area contributed by atoms with Crippen molar-refractivity contribution in [3.8, 4) is 0 Å². The topological polar surface area (TPSA) is 92.8 Å². The highest BCUT2D eigenvalue weighted by Crippen LogP contribution is 2.15. The van der Waals surface area contributed by atoms with E-state index < -0.39 is 16.0 Å². The van der Waals surface area contributed by atoms with Crippen LogP contribution in [0.5, 0.6) is 0 Å². The Bertz CT molecular complexity index is 687. The van der Waals surface area contributed by atoms with Crippen molar-refractivity contribution in [2.45, 2.75) is 19.3 Å². The summed E-state index contributed by atoms with van der Waals surface area (Å²) in [5, 5.41) is 2.66. The number of ether oxygens (including phenoxy) is 1. The zero-order chi connectivity index (χ0) is 16.9. The zero-order valence-electron chi connectivity index (χ0n) is 12.9. The van der Waals surface area contributed by atoms with Crippen LogP contribution in [-0.2, 0) is 19.6 Å². The van der Waals surface area contributed by atoms with E-state index in [1.165, 1.54) is 17.5 Å². The van der Waals surface area contributed by atoms with Gasteiger partial charge in [-0.1, -0.05) is 6.07 Å².